The monoisotopic (exact) mass is 377 g/mol. The summed E-state index contributed by atoms with van der Waals surface area (Å²) in [5.74, 6) is -0.536. The van der Waals surface area contributed by atoms with Gasteiger partial charge < -0.3 is 15.1 Å². The van der Waals surface area contributed by atoms with Gasteiger partial charge in [-0.3, -0.25) is 14.4 Å². The molecule has 144 valence electrons. The first-order valence-electron chi connectivity index (χ1n) is 9.51. The van der Waals surface area contributed by atoms with Gasteiger partial charge in [0.15, 0.2) is 0 Å². The van der Waals surface area contributed by atoms with E-state index in [2.05, 4.69) is 5.32 Å². The minimum Gasteiger partial charge on any atom is -0.326 e. The molecule has 2 aliphatic rings. The van der Waals surface area contributed by atoms with Crippen LogP contribution < -0.4 is 15.1 Å². The fourth-order valence-electron chi connectivity index (χ4n) is 3.91. The minimum atomic E-state index is -0.379. The van der Waals surface area contributed by atoms with Gasteiger partial charge in [0.2, 0.25) is 17.7 Å². The molecule has 6 nitrogen and oxygen atoms in total. The highest BCUT2D eigenvalue weighted by Crippen LogP contribution is 2.31. The van der Waals surface area contributed by atoms with E-state index < -0.39 is 0 Å². The van der Waals surface area contributed by atoms with Crippen LogP contribution in [0.4, 0.5) is 17.1 Å². The predicted molar refractivity (Wildman–Crippen MR) is 108 cm³/mol. The van der Waals surface area contributed by atoms with E-state index in [1.165, 1.54) is 0 Å². The molecule has 0 spiro atoms. The van der Waals surface area contributed by atoms with E-state index in [-0.39, 0.29) is 30.1 Å². The number of carbonyl (C=O) groups excluding carboxylic acids is 3. The Labute approximate surface area is 164 Å². The maximum atomic E-state index is 12.7. The van der Waals surface area contributed by atoms with Crippen LogP contribution in [0.2, 0.25) is 0 Å². The zero-order valence-corrected chi connectivity index (χ0v) is 16.1. The van der Waals surface area contributed by atoms with E-state index in [1.54, 1.807) is 16.7 Å². The molecule has 0 unspecified atom stereocenters. The average molecular weight is 377 g/mol. The van der Waals surface area contributed by atoms with Gasteiger partial charge in [-0.25, -0.2) is 0 Å². The number of benzene rings is 2. The summed E-state index contributed by atoms with van der Waals surface area (Å²) in [5, 5.41) is 2.94. The molecule has 0 aliphatic carbocycles. The first kappa shape index (κ1) is 18.2. The van der Waals surface area contributed by atoms with Gasteiger partial charge in [-0.1, -0.05) is 17.7 Å². The second-order valence-corrected chi connectivity index (χ2v) is 7.49. The van der Waals surface area contributed by atoms with Crippen LogP contribution >= 0.6 is 0 Å². The summed E-state index contributed by atoms with van der Waals surface area (Å²) in [7, 11) is 0. The number of anilines is 3. The lowest BCUT2D eigenvalue weighted by atomic mass is 10.1. The molecule has 2 aromatic rings. The largest absolute Gasteiger partial charge is 0.326 e. The van der Waals surface area contributed by atoms with Crippen molar-refractivity contribution in [3.8, 4) is 0 Å². The van der Waals surface area contributed by atoms with Crippen molar-refractivity contribution in [3.63, 3.8) is 0 Å². The second-order valence-electron chi connectivity index (χ2n) is 7.49. The van der Waals surface area contributed by atoms with Crippen LogP contribution in [-0.2, 0) is 20.8 Å². The molecule has 1 saturated heterocycles. The Balaban J connectivity index is 1.44. The van der Waals surface area contributed by atoms with Crippen molar-refractivity contribution < 1.29 is 14.4 Å². The number of hydrogen-bond donors (Lipinski definition) is 1. The Morgan fingerprint density at radius 3 is 2.57 bits per heavy atom. The zero-order chi connectivity index (χ0) is 19.8. The highest BCUT2D eigenvalue weighted by atomic mass is 16.2. The number of rotatable bonds is 3. The number of nitrogens with one attached hydrogen (secondary N) is 1. The van der Waals surface area contributed by atoms with Gasteiger partial charge in [0.05, 0.1) is 5.92 Å². The topological polar surface area (TPSA) is 69.7 Å². The summed E-state index contributed by atoms with van der Waals surface area (Å²) in [6.45, 7) is 4.61. The molecule has 28 heavy (non-hydrogen) atoms. The molecular weight excluding hydrogens is 354 g/mol. The van der Waals surface area contributed by atoms with Crippen LogP contribution in [0.5, 0.6) is 0 Å². The predicted octanol–water partition coefficient (Wildman–Crippen LogP) is 2.90. The zero-order valence-electron chi connectivity index (χ0n) is 16.1. The number of amides is 3. The lowest BCUT2D eigenvalue weighted by Gasteiger charge is -2.17. The smallest absolute Gasteiger partial charge is 0.229 e. The van der Waals surface area contributed by atoms with E-state index in [1.807, 2.05) is 49.4 Å². The molecule has 1 fully saturated rings. The van der Waals surface area contributed by atoms with Crippen LogP contribution in [-0.4, -0.2) is 30.8 Å². The Morgan fingerprint density at radius 2 is 1.86 bits per heavy atom. The molecule has 2 aromatic carbocycles. The summed E-state index contributed by atoms with van der Waals surface area (Å²) in [5.41, 5.74) is 4.62. The van der Waals surface area contributed by atoms with Crippen LogP contribution in [0.15, 0.2) is 42.5 Å². The van der Waals surface area contributed by atoms with Crippen molar-refractivity contribution in [2.75, 3.05) is 28.2 Å². The minimum absolute atomic E-state index is 0.0243. The van der Waals surface area contributed by atoms with Crippen LogP contribution in [0.3, 0.4) is 0 Å². The number of nitrogens with zero attached hydrogens (tertiary/aromatic N) is 2. The highest BCUT2D eigenvalue weighted by Gasteiger charge is 2.35. The third kappa shape index (κ3) is 3.38. The molecule has 6 heteroatoms. The van der Waals surface area contributed by atoms with E-state index in [0.29, 0.717) is 18.8 Å². The standard InChI is InChI=1S/C22H23N3O3/c1-14-3-6-19(7-4-14)25-13-17(12-21(25)27)22(28)23-18-5-8-20-16(11-18)9-10-24(20)15(2)26/h3-8,11,17H,9-10,12-13H2,1-2H3,(H,23,28)/t17-/m1/s1. The van der Waals surface area contributed by atoms with E-state index >= 15 is 0 Å². The summed E-state index contributed by atoms with van der Waals surface area (Å²) in [4.78, 5) is 40.2. The fourth-order valence-corrected chi connectivity index (χ4v) is 3.91. The summed E-state index contributed by atoms with van der Waals surface area (Å²) >= 11 is 0. The van der Waals surface area contributed by atoms with Crippen molar-refractivity contribution >= 4 is 34.8 Å². The average Bonchev–Trinajstić information content (AvgIpc) is 3.26. The molecule has 3 amide bonds. The summed E-state index contributed by atoms with van der Waals surface area (Å²) in [6, 6.07) is 13.4. The highest BCUT2D eigenvalue weighted by molar-refractivity contribution is 6.03. The second kappa shape index (κ2) is 7.11. The molecule has 0 bridgehead atoms. The quantitative estimate of drug-likeness (QED) is 0.894. The van der Waals surface area contributed by atoms with Crippen molar-refractivity contribution in [1.82, 2.24) is 0 Å². The molecule has 0 saturated carbocycles. The molecule has 0 aromatic heterocycles. The lowest BCUT2D eigenvalue weighted by molar-refractivity contribution is -0.122. The lowest BCUT2D eigenvalue weighted by Crippen LogP contribution is -2.28. The van der Waals surface area contributed by atoms with Crippen molar-refractivity contribution in [2.24, 2.45) is 5.92 Å². The number of hydrogen-bond acceptors (Lipinski definition) is 3. The first-order chi connectivity index (χ1) is 13.4. The molecule has 4 rings (SSSR count). The van der Waals surface area contributed by atoms with Crippen molar-refractivity contribution in [3.05, 3.63) is 53.6 Å². The summed E-state index contributed by atoms with van der Waals surface area (Å²) < 4.78 is 0. The van der Waals surface area contributed by atoms with Gasteiger partial charge in [0.25, 0.3) is 0 Å². The number of carbonyl (C=O) groups is 3. The molecular formula is C22H23N3O3. The van der Waals surface area contributed by atoms with Gasteiger partial charge in [0, 0.05) is 43.5 Å². The van der Waals surface area contributed by atoms with Gasteiger partial charge in [-0.05, 0) is 49.2 Å². The van der Waals surface area contributed by atoms with E-state index in [9.17, 15) is 14.4 Å². The maximum Gasteiger partial charge on any atom is 0.229 e. The van der Waals surface area contributed by atoms with Gasteiger partial charge in [-0.15, -0.1) is 0 Å². The van der Waals surface area contributed by atoms with Gasteiger partial charge >= 0.3 is 0 Å². The van der Waals surface area contributed by atoms with Crippen molar-refractivity contribution in [2.45, 2.75) is 26.7 Å². The summed E-state index contributed by atoms with van der Waals surface area (Å²) in [6.07, 6.45) is 0.991. The fraction of sp³-hybridized carbons (Fsp3) is 0.318. The van der Waals surface area contributed by atoms with E-state index in [4.69, 9.17) is 0 Å². The Bertz CT molecular complexity index is 952. The first-order valence-corrected chi connectivity index (χ1v) is 9.51. The molecule has 2 aliphatic heterocycles. The SMILES string of the molecule is CC(=O)N1CCc2cc(NC(=O)[C@@H]3CC(=O)N(c4ccc(C)cc4)C3)ccc21. The Kier molecular flexibility index (Phi) is 4.63. The molecule has 1 N–H and O–H groups in total. The number of aryl methyl sites for hydroxylation is 1. The van der Waals surface area contributed by atoms with Crippen LogP contribution in [0.25, 0.3) is 0 Å². The van der Waals surface area contributed by atoms with E-state index in [0.717, 1.165) is 28.9 Å². The van der Waals surface area contributed by atoms with Crippen LogP contribution in [0, 0.1) is 12.8 Å². The third-order valence-electron chi connectivity index (χ3n) is 5.46. The van der Waals surface area contributed by atoms with Gasteiger partial charge in [0.1, 0.15) is 0 Å². The number of fused-ring (bicyclic) bond motifs is 1. The molecule has 0 radical (unpaired) electrons. The maximum absolute atomic E-state index is 12.7. The Morgan fingerprint density at radius 1 is 1.11 bits per heavy atom. The Hall–Kier alpha value is -3.15. The third-order valence-corrected chi connectivity index (χ3v) is 5.46. The molecule has 2 heterocycles. The van der Waals surface area contributed by atoms with Gasteiger partial charge in [-0.2, -0.15) is 0 Å². The van der Waals surface area contributed by atoms with Crippen LogP contribution in [0.1, 0.15) is 24.5 Å². The normalized spacial score (nSPS) is 18.4. The van der Waals surface area contributed by atoms with Crippen molar-refractivity contribution in [1.29, 1.82) is 0 Å². The molecule has 1 atom stereocenters.